The van der Waals surface area contributed by atoms with E-state index in [1.807, 2.05) is 24.3 Å². The van der Waals surface area contributed by atoms with Gasteiger partial charge in [0.15, 0.2) is 0 Å². The smallest absolute Gasteiger partial charge is 0.225 e. The molecule has 5 heteroatoms. The second-order valence-electron chi connectivity index (χ2n) is 5.40. The Morgan fingerprint density at radius 2 is 1.74 bits per heavy atom. The Hall–Kier alpha value is -2.66. The molecule has 5 nitrogen and oxygen atoms in total. The number of anilines is 2. The molecule has 0 saturated heterocycles. The number of fused-ring (bicyclic) bond motifs is 1. The third-order valence-corrected chi connectivity index (χ3v) is 3.58. The summed E-state index contributed by atoms with van der Waals surface area (Å²) >= 11 is 0. The maximum absolute atomic E-state index is 9.02. The Morgan fingerprint density at radius 1 is 0.957 bits per heavy atom. The number of nitrogens with one attached hydrogen (secondary N) is 2. The van der Waals surface area contributed by atoms with Crippen LogP contribution in [0.1, 0.15) is 11.1 Å². The van der Waals surface area contributed by atoms with Gasteiger partial charge in [-0.2, -0.15) is 4.98 Å². The van der Waals surface area contributed by atoms with Crippen molar-refractivity contribution >= 4 is 22.7 Å². The zero-order valence-electron chi connectivity index (χ0n) is 13.1. The zero-order valence-corrected chi connectivity index (χ0v) is 13.1. The van der Waals surface area contributed by atoms with Crippen molar-refractivity contribution in [3.05, 3.63) is 59.7 Å². The Bertz CT molecular complexity index is 787. The first-order valence-corrected chi connectivity index (χ1v) is 7.67. The SMILES string of the molecule is Cc1ccc(CNc2nc(NCCO)c3ccccc3n2)cc1. The Kier molecular flexibility index (Phi) is 4.68. The molecular weight excluding hydrogens is 288 g/mol. The average molecular weight is 308 g/mol. The summed E-state index contributed by atoms with van der Waals surface area (Å²) in [6.45, 7) is 3.25. The van der Waals surface area contributed by atoms with Gasteiger partial charge in [0.25, 0.3) is 0 Å². The Balaban J connectivity index is 1.83. The van der Waals surface area contributed by atoms with Crippen LogP contribution in [0.15, 0.2) is 48.5 Å². The van der Waals surface area contributed by atoms with E-state index in [4.69, 9.17) is 5.11 Å². The minimum Gasteiger partial charge on any atom is -0.395 e. The fourth-order valence-electron chi connectivity index (χ4n) is 2.35. The highest BCUT2D eigenvalue weighted by molar-refractivity contribution is 5.89. The number of hydrogen-bond donors (Lipinski definition) is 3. The molecule has 0 aliphatic heterocycles. The first-order valence-electron chi connectivity index (χ1n) is 7.67. The van der Waals surface area contributed by atoms with Crippen LogP contribution in [0.3, 0.4) is 0 Å². The highest BCUT2D eigenvalue weighted by Gasteiger charge is 2.07. The molecule has 0 saturated carbocycles. The second kappa shape index (κ2) is 7.07. The number of rotatable bonds is 6. The standard InChI is InChI=1S/C18H20N4O/c1-13-6-8-14(9-7-13)12-20-18-21-16-5-3-2-4-15(16)17(22-18)19-10-11-23/h2-9,23H,10-12H2,1H3,(H2,19,20,21,22). The van der Waals surface area contributed by atoms with Crippen molar-refractivity contribution in [2.45, 2.75) is 13.5 Å². The summed E-state index contributed by atoms with van der Waals surface area (Å²) in [5.41, 5.74) is 3.29. The van der Waals surface area contributed by atoms with Crippen molar-refractivity contribution in [3.8, 4) is 0 Å². The summed E-state index contributed by atoms with van der Waals surface area (Å²) in [4.78, 5) is 9.08. The quantitative estimate of drug-likeness (QED) is 0.653. The third kappa shape index (κ3) is 3.76. The number of benzene rings is 2. The molecule has 0 amide bonds. The van der Waals surface area contributed by atoms with Crippen molar-refractivity contribution in [2.24, 2.45) is 0 Å². The lowest BCUT2D eigenvalue weighted by atomic mass is 10.1. The summed E-state index contributed by atoms with van der Waals surface area (Å²) in [7, 11) is 0. The normalized spacial score (nSPS) is 10.7. The van der Waals surface area contributed by atoms with E-state index in [9.17, 15) is 0 Å². The summed E-state index contributed by atoms with van der Waals surface area (Å²) < 4.78 is 0. The fraction of sp³-hybridized carbons (Fsp3) is 0.222. The number of aliphatic hydroxyl groups is 1. The zero-order chi connectivity index (χ0) is 16.1. The van der Waals surface area contributed by atoms with Crippen LogP contribution in [0.5, 0.6) is 0 Å². The highest BCUT2D eigenvalue weighted by Crippen LogP contribution is 2.21. The van der Waals surface area contributed by atoms with Gasteiger partial charge in [0.1, 0.15) is 5.82 Å². The lowest BCUT2D eigenvalue weighted by molar-refractivity contribution is 0.311. The molecule has 0 radical (unpaired) electrons. The molecular formula is C18H20N4O. The van der Waals surface area contributed by atoms with E-state index in [-0.39, 0.29) is 6.61 Å². The monoisotopic (exact) mass is 308 g/mol. The van der Waals surface area contributed by atoms with Crippen molar-refractivity contribution in [1.29, 1.82) is 0 Å². The van der Waals surface area contributed by atoms with Crippen molar-refractivity contribution in [3.63, 3.8) is 0 Å². The van der Waals surface area contributed by atoms with Crippen LogP contribution in [0.25, 0.3) is 10.9 Å². The first-order chi connectivity index (χ1) is 11.3. The molecule has 3 aromatic rings. The van der Waals surface area contributed by atoms with Crippen LogP contribution in [0.2, 0.25) is 0 Å². The number of aliphatic hydroxyl groups excluding tert-OH is 1. The van der Waals surface area contributed by atoms with Gasteiger partial charge < -0.3 is 15.7 Å². The molecule has 1 heterocycles. The van der Waals surface area contributed by atoms with Crippen LogP contribution in [-0.2, 0) is 6.54 Å². The van der Waals surface area contributed by atoms with Crippen molar-refractivity contribution in [2.75, 3.05) is 23.8 Å². The van der Waals surface area contributed by atoms with Gasteiger partial charge in [0, 0.05) is 18.5 Å². The molecule has 0 spiro atoms. The summed E-state index contributed by atoms with van der Waals surface area (Å²) in [5, 5.41) is 16.4. The van der Waals surface area contributed by atoms with Crippen molar-refractivity contribution < 1.29 is 5.11 Å². The van der Waals surface area contributed by atoms with Gasteiger partial charge in [0.2, 0.25) is 5.95 Å². The molecule has 3 rings (SSSR count). The number of para-hydroxylation sites is 1. The largest absolute Gasteiger partial charge is 0.395 e. The molecule has 0 fully saturated rings. The Morgan fingerprint density at radius 3 is 2.52 bits per heavy atom. The number of aryl methyl sites for hydroxylation is 1. The third-order valence-electron chi connectivity index (χ3n) is 3.58. The molecule has 0 aliphatic rings. The number of aromatic nitrogens is 2. The second-order valence-corrected chi connectivity index (χ2v) is 5.40. The molecule has 0 aliphatic carbocycles. The fourth-order valence-corrected chi connectivity index (χ4v) is 2.35. The Labute approximate surface area is 135 Å². The van der Waals surface area contributed by atoms with E-state index in [2.05, 4.69) is 51.8 Å². The topological polar surface area (TPSA) is 70.1 Å². The van der Waals surface area contributed by atoms with Gasteiger partial charge in [-0.25, -0.2) is 4.98 Å². The predicted molar refractivity (Wildman–Crippen MR) is 93.6 cm³/mol. The van der Waals surface area contributed by atoms with Crippen LogP contribution < -0.4 is 10.6 Å². The summed E-state index contributed by atoms with van der Waals surface area (Å²) in [6.07, 6.45) is 0. The van der Waals surface area contributed by atoms with E-state index in [1.54, 1.807) is 0 Å². The van der Waals surface area contributed by atoms with Crippen LogP contribution >= 0.6 is 0 Å². The molecule has 0 atom stereocenters. The van der Waals surface area contributed by atoms with Gasteiger partial charge >= 0.3 is 0 Å². The van der Waals surface area contributed by atoms with E-state index in [1.165, 1.54) is 11.1 Å². The van der Waals surface area contributed by atoms with E-state index < -0.39 is 0 Å². The number of hydrogen-bond acceptors (Lipinski definition) is 5. The van der Waals surface area contributed by atoms with E-state index in [0.717, 1.165) is 16.7 Å². The molecule has 23 heavy (non-hydrogen) atoms. The summed E-state index contributed by atoms with van der Waals surface area (Å²) in [6, 6.07) is 16.2. The minimum absolute atomic E-state index is 0.0600. The predicted octanol–water partition coefficient (Wildman–Crippen LogP) is 2.95. The molecule has 1 aromatic heterocycles. The van der Waals surface area contributed by atoms with Gasteiger partial charge in [-0.15, -0.1) is 0 Å². The summed E-state index contributed by atoms with van der Waals surface area (Å²) in [5.74, 6) is 1.31. The maximum atomic E-state index is 9.02. The number of nitrogens with zero attached hydrogens (tertiary/aromatic N) is 2. The highest BCUT2D eigenvalue weighted by atomic mass is 16.3. The molecule has 0 bridgehead atoms. The van der Waals surface area contributed by atoms with Crippen LogP contribution in [-0.4, -0.2) is 28.2 Å². The van der Waals surface area contributed by atoms with E-state index >= 15 is 0 Å². The van der Waals surface area contributed by atoms with Crippen molar-refractivity contribution in [1.82, 2.24) is 9.97 Å². The van der Waals surface area contributed by atoms with Crippen LogP contribution in [0.4, 0.5) is 11.8 Å². The van der Waals surface area contributed by atoms with Gasteiger partial charge in [-0.1, -0.05) is 42.0 Å². The molecule has 3 N–H and O–H groups in total. The average Bonchev–Trinajstić information content (AvgIpc) is 2.59. The van der Waals surface area contributed by atoms with Gasteiger partial charge in [-0.05, 0) is 24.6 Å². The maximum Gasteiger partial charge on any atom is 0.225 e. The molecule has 2 aromatic carbocycles. The van der Waals surface area contributed by atoms with Crippen LogP contribution in [0, 0.1) is 6.92 Å². The molecule has 118 valence electrons. The first kappa shape index (κ1) is 15.2. The van der Waals surface area contributed by atoms with Gasteiger partial charge in [0.05, 0.1) is 12.1 Å². The minimum atomic E-state index is 0.0600. The van der Waals surface area contributed by atoms with Gasteiger partial charge in [-0.3, -0.25) is 0 Å². The van der Waals surface area contributed by atoms with E-state index in [0.29, 0.717) is 19.0 Å². The lowest BCUT2D eigenvalue weighted by Crippen LogP contribution is -2.10. The molecule has 0 unspecified atom stereocenters. The lowest BCUT2D eigenvalue weighted by Gasteiger charge is -2.11.